The van der Waals surface area contributed by atoms with Gasteiger partial charge in [-0.1, -0.05) is 82.2 Å². The number of carbonyl (C=O) groups is 2. The normalized spacial score (nSPS) is 10.6. The number of hydrogen-bond acceptors (Lipinski definition) is 5. The summed E-state index contributed by atoms with van der Waals surface area (Å²) in [5.41, 5.74) is 1.74. The highest BCUT2D eigenvalue weighted by Crippen LogP contribution is 2.18. The lowest BCUT2D eigenvalue weighted by Gasteiger charge is -2.08. The van der Waals surface area contributed by atoms with Crippen LogP contribution in [0.3, 0.4) is 0 Å². The quantitative estimate of drug-likeness (QED) is 0.124. The van der Waals surface area contributed by atoms with Crippen LogP contribution in [-0.4, -0.2) is 18.5 Å². The van der Waals surface area contributed by atoms with Crippen molar-refractivity contribution in [3.8, 4) is 11.5 Å². The van der Waals surface area contributed by atoms with Gasteiger partial charge in [-0.2, -0.15) is 0 Å². The largest absolute Gasteiger partial charge is 0.494 e. The number of unbranched alkanes of at least 4 members (excludes halogenated alkanes) is 7. The minimum atomic E-state index is -0.468. The van der Waals surface area contributed by atoms with Gasteiger partial charge >= 0.3 is 11.9 Å². The summed E-state index contributed by atoms with van der Waals surface area (Å²) >= 11 is 0. The van der Waals surface area contributed by atoms with E-state index in [-0.39, 0.29) is 6.61 Å². The van der Waals surface area contributed by atoms with Gasteiger partial charge in [0.1, 0.15) is 18.1 Å². The minimum absolute atomic E-state index is 0.204. The lowest BCUT2D eigenvalue weighted by Crippen LogP contribution is -2.09. The van der Waals surface area contributed by atoms with E-state index < -0.39 is 11.9 Å². The van der Waals surface area contributed by atoms with Crippen LogP contribution >= 0.6 is 0 Å². The molecule has 0 aromatic heterocycles. The molecule has 36 heavy (non-hydrogen) atoms. The molecule has 3 rings (SSSR count). The van der Waals surface area contributed by atoms with Crippen LogP contribution < -0.4 is 9.47 Å². The van der Waals surface area contributed by atoms with Crippen LogP contribution in [0.2, 0.25) is 0 Å². The van der Waals surface area contributed by atoms with Crippen LogP contribution in [0.15, 0.2) is 78.9 Å². The summed E-state index contributed by atoms with van der Waals surface area (Å²) < 4.78 is 16.5. The van der Waals surface area contributed by atoms with Crippen LogP contribution in [0, 0.1) is 0 Å². The molecule has 0 aliphatic heterocycles. The summed E-state index contributed by atoms with van der Waals surface area (Å²) in [5, 5.41) is 0. The predicted octanol–water partition coefficient (Wildman–Crippen LogP) is 7.78. The Kier molecular flexibility index (Phi) is 11.6. The molecule has 0 aliphatic rings. The average Bonchev–Trinajstić information content (AvgIpc) is 2.92. The van der Waals surface area contributed by atoms with Gasteiger partial charge in [0.2, 0.25) is 0 Å². The zero-order valence-electron chi connectivity index (χ0n) is 21.1. The van der Waals surface area contributed by atoms with Crippen molar-refractivity contribution in [1.29, 1.82) is 0 Å². The Morgan fingerprint density at radius 3 is 1.81 bits per heavy atom. The van der Waals surface area contributed by atoms with Gasteiger partial charge in [-0.3, -0.25) is 0 Å². The van der Waals surface area contributed by atoms with Crippen molar-refractivity contribution < 1.29 is 23.8 Å². The zero-order valence-corrected chi connectivity index (χ0v) is 21.1. The van der Waals surface area contributed by atoms with Crippen LogP contribution in [0.4, 0.5) is 0 Å². The third-order valence-corrected chi connectivity index (χ3v) is 5.87. The summed E-state index contributed by atoms with van der Waals surface area (Å²) in [6.07, 6.45) is 10.1. The van der Waals surface area contributed by atoms with Crippen LogP contribution in [-0.2, 0) is 11.3 Å². The first-order chi connectivity index (χ1) is 17.7. The highest BCUT2D eigenvalue weighted by Gasteiger charge is 2.11. The Bertz CT molecular complexity index is 1040. The fourth-order valence-electron chi connectivity index (χ4n) is 3.74. The highest BCUT2D eigenvalue weighted by atomic mass is 16.5. The molecule has 5 heteroatoms. The Morgan fingerprint density at radius 2 is 1.17 bits per heavy atom. The first-order valence-electron chi connectivity index (χ1n) is 12.9. The van der Waals surface area contributed by atoms with E-state index in [0.717, 1.165) is 17.7 Å². The zero-order chi connectivity index (χ0) is 25.4. The molecule has 3 aromatic carbocycles. The number of carbonyl (C=O) groups excluding carboxylic acids is 2. The first kappa shape index (κ1) is 27.0. The second-order valence-electron chi connectivity index (χ2n) is 8.82. The van der Waals surface area contributed by atoms with Gasteiger partial charge in [0.15, 0.2) is 0 Å². The molecular formula is C31H36O5. The molecule has 0 spiro atoms. The third-order valence-electron chi connectivity index (χ3n) is 5.87. The third kappa shape index (κ3) is 9.57. The summed E-state index contributed by atoms with van der Waals surface area (Å²) in [4.78, 5) is 24.7. The van der Waals surface area contributed by atoms with Crippen molar-refractivity contribution in [3.63, 3.8) is 0 Å². The summed E-state index contributed by atoms with van der Waals surface area (Å²) in [5.74, 6) is 0.200. The molecule has 190 valence electrons. The van der Waals surface area contributed by atoms with E-state index in [1.807, 2.05) is 30.3 Å². The van der Waals surface area contributed by atoms with Gasteiger partial charge < -0.3 is 14.2 Å². The Morgan fingerprint density at radius 1 is 0.611 bits per heavy atom. The number of esters is 2. The molecule has 0 unspecified atom stereocenters. The topological polar surface area (TPSA) is 61.8 Å². The van der Waals surface area contributed by atoms with Crippen molar-refractivity contribution in [2.75, 3.05) is 6.61 Å². The standard InChI is InChI=1S/C31H36O5/c1-2-3-4-5-6-7-8-12-23-34-28-19-15-27(16-20-28)31(33)36-29-21-17-26(18-22-29)30(32)35-24-25-13-10-9-11-14-25/h9-11,13-22H,2-8,12,23-24H2,1H3. The Balaban J connectivity index is 1.36. The molecule has 0 aliphatic carbocycles. The molecule has 0 atom stereocenters. The van der Waals surface area contributed by atoms with Gasteiger partial charge in [-0.15, -0.1) is 0 Å². The summed E-state index contributed by atoms with van der Waals surface area (Å²) in [7, 11) is 0. The maximum absolute atomic E-state index is 12.5. The van der Waals surface area contributed by atoms with E-state index in [1.165, 1.54) is 44.9 Å². The smallest absolute Gasteiger partial charge is 0.343 e. The lowest BCUT2D eigenvalue weighted by molar-refractivity contribution is 0.0472. The SMILES string of the molecule is CCCCCCCCCCOc1ccc(C(=O)Oc2ccc(C(=O)OCc3ccccc3)cc2)cc1. The second kappa shape index (κ2) is 15.4. The van der Waals surface area contributed by atoms with E-state index in [2.05, 4.69) is 6.92 Å². The van der Waals surface area contributed by atoms with E-state index in [1.54, 1.807) is 48.5 Å². The first-order valence-corrected chi connectivity index (χ1v) is 12.9. The predicted molar refractivity (Wildman–Crippen MR) is 142 cm³/mol. The van der Waals surface area contributed by atoms with Gasteiger partial charge in [0.25, 0.3) is 0 Å². The maximum Gasteiger partial charge on any atom is 0.343 e. The van der Waals surface area contributed by atoms with E-state index in [9.17, 15) is 9.59 Å². The van der Waals surface area contributed by atoms with Crippen LogP contribution in [0.25, 0.3) is 0 Å². The van der Waals surface area contributed by atoms with Crippen molar-refractivity contribution in [1.82, 2.24) is 0 Å². The number of hydrogen-bond donors (Lipinski definition) is 0. The molecule has 0 amide bonds. The molecule has 0 heterocycles. The van der Waals surface area contributed by atoms with Gasteiger partial charge in [-0.05, 0) is 60.5 Å². The van der Waals surface area contributed by atoms with Crippen molar-refractivity contribution in [2.24, 2.45) is 0 Å². The number of ether oxygens (including phenoxy) is 3. The van der Waals surface area contributed by atoms with Crippen molar-refractivity contribution >= 4 is 11.9 Å². The van der Waals surface area contributed by atoms with Crippen molar-refractivity contribution in [2.45, 2.75) is 64.9 Å². The van der Waals surface area contributed by atoms with Gasteiger partial charge in [-0.25, -0.2) is 9.59 Å². The fraction of sp³-hybridized carbons (Fsp3) is 0.355. The Labute approximate surface area is 214 Å². The molecule has 0 radical (unpaired) electrons. The second-order valence-corrected chi connectivity index (χ2v) is 8.82. The van der Waals surface area contributed by atoms with Gasteiger partial charge in [0, 0.05) is 0 Å². The number of rotatable bonds is 15. The maximum atomic E-state index is 12.5. The molecule has 3 aromatic rings. The molecule has 0 bridgehead atoms. The minimum Gasteiger partial charge on any atom is -0.494 e. The van der Waals surface area contributed by atoms with Crippen molar-refractivity contribution in [3.05, 3.63) is 95.6 Å². The van der Waals surface area contributed by atoms with E-state index in [4.69, 9.17) is 14.2 Å². The summed E-state index contributed by atoms with van der Waals surface area (Å²) in [6, 6.07) is 22.8. The Hall–Kier alpha value is -3.60. The highest BCUT2D eigenvalue weighted by molar-refractivity contribution is 5.92. The molecule has 0 N–H and O–H groups in total. The molecule has 0 saturated heterocycles. The van der Waals surface area contributed by atoms with E-state index >= 15 is 0 Å². The molecule has 0 saturated carbocycles. The number of benzene rings is 3. The molecular weight excluding hydrogens is 452 g/mol. The summed E-state index contributed by atoms with van der Waals surface area (Å²) in [6.45, 7) is 3.12. The average molecular weight is 489 g/mol. The van der Waals surface area contributed by atoms with E-state index in [0.29, 0.717) is 23.5 Å². The van der Waals surface area contributed by atoms with Gasteiger partial charge in [0.05, 0.1) is 17.7 Å². The monoisotopic (exact) mass is 488 g/mol. The molecule has 5 nitrogen and oxygen atoms in total. The molecule has 0 fully saturated rings. The van der Waals surface area contributed by atoms with Crippen LogP contribution in [0.5, 0.6) is 11.5 Å². The van der Waals surface area contributed by atoms with Crippen LogP contribution in [0.1, 0.15) is 84.6 Å². The lowest BCUT2D eigenvalue weighted by atomic mass is 10.1. The fourth-order valence-corrected chi connectivity index (χ4v) is 3.74.